The van der Waals surface area contributed by atoms with Crippen LogP contribution in [-0.4, -0.2) is 32.9 Å². The number of benzene rings is 2. The molecule has 0 radical (unpaired) electrons. The van der Waals surface area contributed by atoms with Crippen molar-refractivity contribution in [2.75, 3.05) is 11.9 Å². The van der Waals surface area contributed by atoms with Gasteiger partial charge in [-0.15, -0.1) is 0 Å². The molecule has 0 spiro atoms. The van der Waals surface area contributed by atoms with Gasteiger partial charge in [0.2, 0.25) is 10.0 Å². The third kappa shape index (κ3) is 5.90. The molecule has 0 aliphatic rings. The Labute approximate surface area is 158 Å². The summed E-state index contributed by atoms with van der Waals surface area (Å²) in [5, 5.41) is 2.60. The molecule has 1 amide bonds. The van der Waals surface area contributed by atoms with E-state index in [1.807, 2.05) is 6.92 Å². The molecule has 0 aliphatic heterocycles. The summed E-state index contributed by atoms with van der Waals surface area (Å²) in [4.78, 5) is 24.0. The lowest BCUT2D eigenvalue weighted by atomic mass is 10.1. The van der Waals surface area contributed by atoms with E-state index in [4.69, 9.17) is 4.74 Å². The van der Waals surface area contributed by atoms with Crippen LogP contribution < -0.4 is 10.0 Å². The molecular formula is C19H22N2O5S. The van der Waals surface area contributed by atoms with Crippen LogP contribution in [0.15, 0.2) is 53.4 Å². The molecular weight excluding hydrogens is 368 g/mol. The quantitative estimate of drug-likeness (QED) is 0.706. The van der Waals surface area contributed by atoms with E-state index in [0.29, 0.717) is 5.69 Å². The van der Waals surface area contributed by atoms with Crippen molar-refractivity contribution in [1.82, 2.24) is 4.72 Å². The molecule has 0 heterocycles. The molecule has 0 saturated heterocycles. The van der Waals surface area contributed by atoms with Crippen molar-refractivity contribution in [3.05, 3.63) is 59.7 Å². The molecule has 2 N–H and O–H groups in total. The van der Waals surface area contributed by atoms with Gasteiger partial charge in [0.25, 0.3) is 5.91 Å². The van der Waals surface area contributed by atoms with Gasteiger partial charge in [-0.25, -0.2) is 8.42 Å². The molecule has 2 rings (SSSR count). The van der Waals surface area contributed by atoms with Crippen molar-refractivity contribution in [3.63, 3.8) is 0 Å². The Bertz CT molecular complexity index is 926. The van der Waals surface area contributed by atoms with Gasteiger partial charge in [0, 0.05) is 5.69 Å². The number of carbonyl (C=O) groups excluding carboxylic acids is 2. The van der Waals surface area contributed by atoms with Gasteiger partial charge in [0.15, 0.2) is 6.10 Å². The predicted octanol–water partition coefficient (Wildman–Crippen LogP) is 2.15. The van der Waals surface area contributed by atoms with Crippen molar-refractivity contribution in [1.29, 1.82) is 0 Å². The lowest BCUT2D eigenvalue weighted by Crippen LogP contribution is -2.35. The fourth-order valence-electron chi connectivity index (χ4n) is 2.18. The highest BCUT2D eigenvalue weighted by atomic mass is 32.2. The molecule has 1 unspecified atom stereocenters. The number of ether oxygens (including phenoxy) is 1. The molecule has 7 nitrogen and oxygen atoms in total. The fraction of sp³-hybridized carbons (Fsp3) is 0.263. The van der Waals surface area contributed by atoms with Gasteiger partial charge in [-0.3, -0.25) is 9.59 Å². The second-order valence-electron chi connectivity index (χ2n) is 6.06. The first-order valence-corrected chi connectivity index (χ1v) is 9.79. The van der Waals surface area contributed by atoms with Crippen LogP contribution in [-0.2, 0) is 24.3 Å². The van der Waals surface area contributed by atoms with Crippen molar-refractivity contribution in [2.45, 2.75) is 31.8 Å². The van der Waals surface area contributed by atoms with Crippen LogP contribution in [0.2, 0.25) is 0 Å². The van der Waals surface area contributed by atoms with Crippen LogP contribution in [0.25, 0.3) is 0 Å². The third-order valence-electron chi connectivity index (χ3n) is 3.91. The van der Waals surface area contributed by atoms with E-state index in [2.05, 4.69) is 10.0 Å². The Kier molecular flexibility index (Phi) is 6.70. The van der Waals surface area contributed by atoms with Crippen LogP contribution in [0.4, 0.5) is 5.69 Å². The van der Waals surface area contributed by atoms with Gasteiger partial charge in [-0.1, -0.05) is 24.3 Å². The zero-order chi connectivity index (χ0) is 20.0. The van der Waals surface area contributed by atoms with E-state index in [-0.39, 0.29) is 4.90 Å². The topological polar surface area (TPSA) is 102 Å². The summed E-state index contributed by atoms with van der Waals surface area (Å²) in [6, 6.07) is 13.4. The third-order valence-corrected chi connectivity index (χ3v) is 5.31. The molecule has 8 heteroatoms. The highest BCUT2D eigenvalue weighted by Crippen LogP contribution is 2.14. The van der Waals surface area contributed by atoms with E-state index in [1.54, 1.807) is 43.3 Å². The zero-order valence-corrected chi connectivity index (χ0v) is 16.2. The first-order chi connectivity index (χ1) is 12.7. The summed E-state index contributed by atoms with van der Waals surface area (Å²) in [5.74, 6) is -1.36. The molecule has 2 aromatic carbocycles. The number of sulfonamides is 1. The zero-order valence-electron chi connectivity index (χ0n) is 15.4. The maximum atomic E-state index is 12.3. The van der Waals surface area contributed by atoms with Gasteiger partial charge in [-0.05, 0) is 56.2 Å². The Hall–Kier alpha value is -2.71. The van der Waals surface area contributed by atoms with Gasteiger partial charge in [0.05, 0.1) is 4.90 Å². The maximum Gasteiger partial charge on any atom is 0.321 e. The molecule has 27 heavy (non-hydrogen) atoms. The summed E-state index contributed by atoms with van der Waals surface area (Å²) < 4.78 is 31.7. The Morgan fingerprint density at radius 2 is 1.70 bits per heavy atom. The standard InChI is InChI=1S/C19H22N2O5S/c1-13-9-10-17(11-14(13)2)27(24,25)20-12-18(22)26-15(3)19(23)21-16-7-5-4-6-8-16/h4-11,15,20H,12H2,1-3H3,(H,21,23). The number of carbonyl (C=O) groups is 2. The first-order valence-electron chi connectivity index (χ1n) is 8.31. The average Bonchev–Trinajstić information content (AvgIpc) is 2.63. The lowest BCUT2D eigenvalue weighted by molar-refractivity contribution is -0.151. The van der Waals surface area contributed by atoms with E-state index in [9.17, 15) is 18.0 Å². The SMILES string of the molecule is Cc1ccc(S(=O)(=O)NCC(=O)OC(C)C(=O)Nc2ccccc2)cc1C. The first kappa shape index (κ1) is 20.6. The van der Waals surface area contributed by atoms with Crippen molar-refractivity contribution in [3.8, 4) is 0 Å². The molecule has 1 atom stereocenters. The monoisotopic (exact) mass is 390 g/mol. The van der Waals surface area contributed by atoms with Crippen molar-refractivity contribution < 1.29 is 22.7 Å². The number of hydrogen-bond acceptors (Lipinski definition) is 5. The van der Waals surface area contributed by atoms with Crippen molar-refractivity contribution >= 4 is 27.6 Å². The normalized spacial score (nSPS) is 12.3. The molecule has 0 aliphatic carbocycles. The number of amides is 1. The Balaban J connectivity index is 1.89. The van der Waals surface area contributed by atoms with Gasteiger partial charge >= 0.3 is 5.97 Å². The van der Waals surface area contributed by atoms with Crippen LogP contribution in [0.1, 0.15) is 18.1 Å². The average molecular weight is 390 g/mol. The lowest BCUT2D eigenvalue weighted by Gasteiger charge is -2.14. The highest BCUT2D eigenvalue weighted by Gasteiger charge is 2.21. The molecule has 0 aromatic heterocycles. The number of hydrogen-bond donors (Lipinski definition) is 2. The van der Waals surface area contributed by atoms with Crippen LogP contribution in [0.5, 0.6) is 0 Å². The maximum absolute atomic E-state index is 12.3. The summed E-state index contributed by atoms with van der Waals surface area (Å²) in [5.41, 5.74) is 2.36. The molecule has 144 valence electrons. The second-order valence-corrected chi connectivity index (χ2v) is 7.82. The Morgan fingerprint density at radius 1 is 1.04 bits per heavy atom. The number of nitrogens with one attached hydrogen (secondary N) is 2. The Morgan fingerprint density at radius 3 is 2.33 bits per heavy atom. The van der Waals surface area contributed by atoms with Gasteiger partial charge in [-0.2, -0.15) is 4.72 Å². The summed E-state index contributed by atoms with van der Waals surface area (Å²) >= 11 is 0. The van der Waals surface area contributed by atoms with Crippen LogP contribution in [0, 0.1) is 13.8 Å². The number of para-hydroxylation sites is 1. The van der Waals surface area contributed by atoms with E-state index in [0.717, 1.165) is 11.1 Å². The smallest absolute Gasteiger partial charge is 0.321 e. The molecule has 2 aromatic rings. The summed E-state index contributed by atoms with van der Waals surface area (Å²) in [7, 11) is -3.85. The fourth-order valence-corrected chi connectivity index (χ4v) is 3.23. The molecule has 0 bridgehead atoms. The minimum atomic E-state index is -3.85. The number of rotatable bonds is 7. The number of esters is 1. The summed E-state index contributed by atoms with van der Waals surface area (Å²) in [6.45, 7) is 4.51. The summed E-state index contributed by atoms with van der Waals surface area (Å²) in [6.07, 6.45) is -1.07. The minimum Gasteiger partial charge on any atom is -0.452 e. The van der Waals surface area contributed by atoms with Crippen LogP contribution in [0.3, 0.4) is 0 Å². The minimum absolute atomic E-state index is 0.0632. The predicted molar refractivity (Wildman–Crippen MR) is 102 cm³/mol. The number of aryl methyl sites for hydroxylation is 2. The van der Waals surface area contributed by atoms with Gasteiger partial charge < -0.3 is 10.1 Å². The molecule has 0 saturated carbocycles. The van der Waals surface area contributed by atoms with Gasteiger partial charge in [0.1, 0.15) is 6.54 Å². The van der Waals surface area contributed by atoms with E-state index < -0.39 is 34.5 Å². The highest BCUT2D eigenvalue weighted by molar-refractivity contribution is 7.89. The van der Waals surface area contributed by atoms with E-state index >= 15 is 0 Å². The second kappa shape index (κ2) is 8.79. The van der Waals surface area contributed by atoms with E-state index in [1.165, 1.54) is 19.1 Å². The van der Waals surface area contributed by atoms with Crippen LogP contribution >= 0.6 is 0 Å². The van der Waals surface area contributed by atoms with Crippen molar-refractivity contribution in [2.24, 2.45) is 0 Å². The molecule has 0 fully saturated rings. The largest absolute Gasteiger partial charge is 0.452 e. The number of anilines is 1.